The Balaban J connectivity index is 1.66. The van der Waals surface area contributed by atoms with E-state index in [2.05, 4.69) is 24.0 Å². The van der Waals surface area contributed by atoms with Crippen molar-refractivity contribution in [2.24, 2.45) is 0 Å². The fraction of sp³-hybridized carbons (Fsp3) is 1.00. The summed E-state index contributed by atoms with van der Waals surface area (Å²) < 4.78 is 0. The van der Waals surface area contributed by atoms with E-state index in [1.165, 1.54) is 43.7 Å². The lowest BCUT2D eigenvalue weighted by Gasteiger charge is -2.01. The van der Waals surface area contributed by atoms with E-state index >= 15 is 0 Å². The normalized spacial score (nSPS) is 17.2. The van der Waals surface area contributed by atoms with Crippen LogP contribution in [0.5, 0.6) is 0 Å². The Morgan fingerprint density at radius 1 is 1.36 bits per heavy atom. The molecule has 1 aliphatic rings. The molecule has 0 aliphatic heterocycles. The van der Waals surface area contributed by atoms with Crippen molar-refractivity contribution in [3.05, 3.63) is 0 Å². The first-order valence-corrected chi connectivity index (χ1v) is 5.90. The summed E-state index contributed by atoms with van der Waals surface area (Å²) in [5.74, 6) is 2.65. The molecule has 0 atom stereocenters. The molecule has 0 radical (unpaired) electrons. The molecule has 0 saturated heterocycles. The van der Waals surface area contributed by atoms with Gasteiger partial charge in [0.15, 0.2) is 0 Å². The maximum atomic E-state index is 3.51. The van der Waals surface area contributed by atoms with Crippen LogP contribution >= 0.6 is 11.8 Å². The summed E-state index contributed by atoms with van der Waals surface area (Å²) >= 11 is 2.09. The van der Waals surface area contributed by atoms with Crippen LogP contribution in [0, 0.1) is 0 Å². The second kappa shape index (κ2) is 5.90. The highest BCUT2D eigenvalue weighted by Crippen LogP contribution is 2.18. The predicted octanol–water partition coefficient (Wildman–Crippen LogP) is 2.27. The van der Waals surface area contributed by atoms with Crippen molar-refractivity contribution >= 4 is 11.8 Å². The Morgan fingerprint density at radius 3 is 2.82 bits per heavy atom. The molecule has 1 fully saturated rings. The summed E-state index contributed by atoms with van der Waals surface area (Å²) in [7, 11) is 0. The topological polar surface area (TPSA) is 12.0 Å². The second-order valence-electron chi connectivity index (χ2n) is 3.19. The first-order valence-electron chi connectivity index (χ1n) is 4.74. The standard InChI is InChI=1S/C9H19NS/c1-2-3-7-11-8-6-10-9-4-5-9/h9-10H,2-8H2,1H3. The summed E-state index contributed by atoms with van der Waals surface area (Å²) in [6, 6.07) is 0.891. The number of hydrogen-bond donors (Lipinski definition) is 1. The Morgan fingerprint density at radius 2 is 2.18 bits per heavy atom. The average Bonchev–Trinajstić information content (AvgIpc) is 2.80. The van der Waals surface area contributed by atoms with Crippen LogP contribution in [0.15, 0.2) is 0 Å². The summed E-state index contributed by atoms with van der Waals surface area (Å²) in [6.45, 7) is 3.47. The van der Waals surface area contributed by atoms with Gasteiger partial charge in [0, 0.05) is 18.3 Å². The van der Waals surface area contributed by atoms with E-state index < -0.39 is 0 Å². The minimum atomic E-state index is 0.891. The van der Waals surface area contributed by atoms with Crippen molar-refractivity contribution in [2.75, 3.05) is 18.1 Å². The highest BCUT2D eigenvalue weighted by Gasteiger charge is 2.19. The molecular formula is C9H19NS. The van der Waals surface area contributed by atoms with E-state index in [-0.39, 0.29) is 0 Å². The van der Waals surface area contributed by atoms with Crippen LogP contribution in [0.1, 0.15) is 32.6 Å². The van der Waals surface area contributed by atoms with Gasteiger partial charge in [-0.25, -0.2) is 0 Å². The highest BCUT2D eigenvalue weighted by atomic mass is 32.2. The van der Waals surface area contributed by atoms with Gasteiger partial charge in [-0.15, -0.1) is 0 Å². The smallest absolute Gasteiger partial charge is 0.00685 e. The highest BCUT2D eigenvalue weighted by molar-refractivity contribution is 7.99. The lowest BCUT2D eigenvalue weighted by atomic mass is 10.4. The van der Waals surface area contributed by atoms with Crippen LogP contribution in [0.4, 0.5) is 0 Å². The van der Waals surface area contributed by atoms with Gasteiger partial charge in [0.2, 0.25) is 0 Å². The molecule has 11 heavy (non-hydrogen) atoms. The van der Waals surface area contributed by atoms with Crippen molar-refractivity contribution < 1.29 is 0 Å². The summed E-state index contributed by atoms with van der Waals surface area (Å²) in [6.07, 6.45) is 5.55. The van der Waals surface area contributed by atoms with Gasteiger partial charge >= 0.3 is 0 Å². The SMILES string of the molecule is CCCCSCCNC1CC1. The molecule has 0 heterocycles. The number of unbranched alkanes of at least 4 members (excludes halogenated alkanes) is 1. The molecule has 1 aliphatic carbocycles. The third-order valence-corrected chi connectivity index (χ3v) is 2.97. The zero-order chi connectivity index (χ0) is 7.94. The van der Waals surface area contributed by atoms with Gasteiger partial charge in [0.05, 0.1) is 0 Å². The molecule has 0 aromatic heterocycles. The molecular weight excluding hydrogens is 154 g/mol. The molecule has 1 rings (SSSR count). The molecule has 1 N–H and O–H groups in total. The lowest BCUT2D eigenvalue weighted by Crippen LogP contribution is -2.19. The van der Waals surface area contributed by atoms with Crippen LogP contribution in [0.2, 0.25) is 0 Å². The molecule has 0 amide bonds. The molecule has 0 aromatic carbocycles. The van der Waals surface area contributed by atoms with Gasteiger partial charge in [-0.05, 0) is 25.0 Å². The Bertz CT molecular complexity index is 91.6. The molecule has 0 aromatic rings. The summed E-state index contributed by atoms with van der Waals surface area (Å²) in [5, 5.41) is 3.51. The number of nitrogens with one attached hydrogen (secondary N) is 1. The molecule has 66 valence electrons. The molecule has 1 saturated carbocycles. The van der Waals surface area contributed by atoms with Crippen LogP contribution in [0.25, 0.3) is 0 Å². The Hall–Kier alpha value is 0.310. The lowest BCUT2D eigenvalue weighted by molar-refractivity contribution is 0.725. The summed E-state index contributed by atoms with van der Waals surface area (Å²) in [4.78, 5) is 0. The Kier molecular flexibility index (Phi) is 5.04. The van der Waals surface area contributed by atoms with E-state index in [4.69, 9.17) is 0 Å². The van der Waals surface area contributed by atoms with E-state index in [0.29, 0.717) is 0 Å². The largest absolute Gasteiger partial charge is 0.313 e. The van der Waals surface area contributed by atoms with Gasteiger partial charge in [0.1, 0.15) is 0 Å². The van der Waals surface area contributed by atoms with E-state index in [1.807, 2.05) is 0 Å². The van der Waals surface area contributed by atoms with Crippen molar-refractivity contribution in [3.8, 4) is 0 Å². The zero-order valence-corrected chi connectivity index (χ0v) is 8.25. The molecule has 0 bridgehead atoms. The molecule has 0 unspecified atom stereocenters. The average molecular weight is 173 g/mol. The third-order valence-electron chi connectivity index (χ3n) is 1.90. The number of hydrogen-bond acceptors (Lipinski definition) is 2. The maximum absolute atomic E-state index is 3.51. The van der Waals surface area contributed by atoms with E-state index in [0.717, 1.165) is 6.04 Å². The first-order chi connectivity index (χ1) is 5.43. The molecule has 2 heteroatoms. The van der Waals surface area contributed by atoms with E-state index in [9.17, 15) is 0 Å². The van der Waals surface area contributed by atoms with E-state index in [1.54, 1.807) is 0 Å². The summed E-state index contributed by atoms with van der Waals surface area (Å²) in [5.41, 5.74) is 0. The van der Waals surface area contributed by atoms with Crippen molar-refractivity contribution in [3.63, 3.8) is 0 Å². The molecule has 1 nitrogen and oxygen atoms in total. The van der Waals surface area contributed by atoms with Gasteiger partial charge in [-0.1, -0.05) is 13.3 Å². The maximum Gasteiger partial charge on any atom is 0.00685 e. The monoisotopic (exact) mass is 173 g/mol. The number of rotatable bonds is 7. The Labute approximate surface area is 74.3 Å². The van der Waals surface area contributed by atoms with Gasteiger partial charge in [0.25, 0.3) is 0 Å². The van der Waals surface area contributed by atoms with Gasteiger partial charge < -0.3 is 5.32 Å². The second-order valence-corrected chi connectivity index (χ2v) is 4.42. The van der Waals surface area contributed by atoms with Gasteiger partial charge in [-0.2, -0.15) is 11.8 Å². The predicted molar refractivity (Wildman–Crippen MR) is 53.3 cm³/mol. The zero-order valence-electron chi connectivity index (χ0n) is 7.44. The fourth-order valence-electron chi connectivity index (χ4n) is 0.971. The minimum Gasteiger partial charge on any atom is -0.313 e. The quantitative estimate of drug-likeness (QED) is 0.593. The van der Waals surface area contributed by atoms with Crippen LogP contribution < -0.4 is 5.32 Å². The van der Waals surface area contributed by atoms with Crippen molar-refractivity contribution in [2.45, 2.75) is 38.6 Å². The van der Waals surface area contributed by atoms with Crippen molar-refractivity contribution in [1.29, 1.82) is 0 Å². The van der Waals surface area contributed by atoms with Crippen LogP contribution in [0.3, 0.4) is 0 Å². The molecule has 0 spiro atoms. The van der Waals surface area contributed by atoms with Gasteiger partial charge in [-0.3, -0.25) is 0 Å². The first kappa shape index (κ1) is 9.40. The minimum absolute atomic E-state index is 0.891. The fourth-order valence-corrected chi connectivity index (χ4v) is 1.93. The van der Waals surface area contributed by atoms with Crippen molar-refractivity contribution in [1.82, 2.24) is 5.32 Å². The number of thioether (sulfide) groups is 1. The van der Waals surface area contributed by atoms with Crippen LogP contribution in [-0.2, 0) is 0 Å². The third kappa shape index (κ3) is 5.57. The van der Waals surface area contributed by atoms with Crippen LogP contribution in [-0.4, -0.2) is 24.1 Å².